The van der Waals surface area contributed by atoms with Crippen LogP contribution in [0.5, 0.6) is 0 Å². The molecule has 1 saturated carbocycles. The summed E-state index contributed by atoms with van der Waals surface area (Å²) in [7, 11) is -0.562. The average molecular weight is 546 g/mol. The minimum Gasteiger partial charge on any atom is -0.352 e. The molecular formula is C23H25F2N9O3S. The third kappa shape index (κ3) is 5.01. The normalized spacial score (nSPS) is 13.8. The van der Waals surface area contributed by atoms with Crippen molar-refractivity contribution < 1.29 is 22.0 Å². The van der Waals surface area contributed by atoms with Gasteiger partial charge in [-0.25, -0.2) is 36.8 Å². The van der Waals surface area contributed by atoms with Crippen molar-refractivity contribution >= 4 is 50.0 Å². The van der Waals surface area contributed by atoms with Crippen LogP contribution >= 0.6 is 0 Å². The molecule has 1 amide bonds. The number of carbonyl (C=O) groups excluding carboxylic acids is 1. The molecule has 0 spiro atoms. The fraction of sp³-hybridized carbons (Fsp3) is 0.348. The van der Waals surface area contributed by atoms with Gasteiger partial charge in [-0.2, -0.15) is 5.10 Å². The van der Waals surface area contributed by atoms with Crippen LogP contribution in [0.1, 0.15) is 30.9 Å². The molecule has 0 unspecified atom stereocenters. The monoisotopic (exact) mass is 545 g/mol. The summed E-state index contributed by atoms with van der Waals surface area (Å²) in [5.74, 6) is 0.316. The molecule has 0 aliphatic heterocycles. The van der Waals surface area contributed by atoms with E-state index in [4.69, 9.17) is 0 Å². The number of fused-ring (bicyclic) bond motifs is 1. The summed E-state index contributed by atoms with van der Waals surface area (Å²) in [6.45, 7) is 1.75. The summed E-state index contributed by atoms with van der Waals surface area (Å²) in [5.41, 5.74) is 1.65. The fourth-order valence-corrected chi connectivity index (χ4v) is 4.48. The lowest BCUT2D eigenvalue weighted by Crippen LogP contribution is -2.25. The third-order valence-electron chi connectivity index (χ3n) is 6.12. The van der Waals surface area contributed by atoms with Crippen LogP contribution in [0.25, 0.3) is 22.6 Å². The standard InChI is InChI=1S/C23H25F2N9O3S/c1-11-26-22(33(2)32-11)13-7-8-14(16(9-13)34(3)38(4,36)37)27-15-10-17(29-23(35)12-5-6-12)28-20-18(15)30-21(31-20)19(24)25/h7-10,12,19H,5-6H2,1-4H3,(H3,27,28,29,30,31,35). The molecule has 5 rings (SSSR count). The molecule has 3 heterocycles. The van der Waals surface area contributed by atoms with Gasteiger partial charge in [-0.05, 0) is 38.0 Å². The second-order valence-electron chi connectivity index (χ2n) is 9.13. The van der Waals surface area contributed by atoms with Crippen molar-refractivity contribution in [3.8, 4) is 11.4 Å². The van der Waals surface area contributed by atoms with Gasteiger partial charge in [0.05, 0.1) is 23.3 Å². The number of aromatic nitrogens is 6. The maximum Gasteiger partial charge on any atom is 0.295 e. The number of carbonyl (C=O) groups is 1. The second-order valence-corrected chi connectivity index (χ2v) is 11.1. The number of benzene rings is 1. The number of nitrogens with one attached hydrogen (secondary N) is 3. The van der Waals surface area contributed by atoms with Gasteiger partial charge in [0.15, 0.2) is 17.3 Å². The van der Waals surface area contributed by atoms with Crippen molar-refractivity contribution in [2.45, 2.75) is 26.2 Å². The highest BCUT2D eigenvalue weighted by molar-refractivity contribution is 7.92. The van der Waals surface area contributed by atoms with Crippen molar-refractivity contribution in [3.63, 3.8) is 0 Å². The van der Waals surface area contributed by atoms with Gasteiger partial charge in [-0.3, -0.25) is 9.10 Å². The molecule has 3 aromatic heterocycles. The van der Waals surface area contributed by atoms with Gasteiger partial charge >= 0.3 is 0 Å². The van der Waals surface area contributed by atoms with Crippen LogP contribution in [0.2, 0.25) is 0 Å². The summed E-state index contributed by atoms with van der Waals surface area (Å²) in [5, 5.41) is 10.1. The topological polar surface area (TPSA) is 151 Å². The minimum absolute atomic E-state index is 0.0272. The Morgan fingerprint density at radius 2 is 1.92 bits per heavy atom. The first kappa shape index (κ1) is 25.5. The van der Waals surface area contributed by atoms with E-state index in [-0.39, 0.29) is 40.2 Å². The zero-order chi connectivity index (χ0) is 27.4. The zero-order valence-corrected chi connectivity index (χ0v) is 21.8. The second kappa shape index (κ2) is 9.31. The third-order valence-corrected chi connectivity index (χ3v) is 7.31. The molecule has 0 radical (unpaired) electrons. The van der Waals surface area contributed by atoms with E-state index in [1.54, 1.807) is 36.9 Å². The van der Waals surface area contributed by atoms with Gasteiger partial charge in [0.2, 0.25) is 15.9 Å². The Morgan fingerprint density at radius 1 is 1.18 bits per heavy atom. The number of anilines is 4. The molecule has 200 valence electrons. The highest BCUT2D eigenvalue weighted by Gasteiger charge is 2.30. The lowest BCUT2D eigenvalue weighted by atomic mass is 10.1. The van der Waals surface area contributed by atoms with Crippen LogP contribution in [0.3, 0.4) is 0 Å². The molecular weight excluding hydrogens is 520 g/mol. The number of H-pyrrole nitrogens is 1. The van der Waals surface area contributed by atoms with Gasteiger partial charge < -0.3 is 15.6 Å². The van der Waals surface area contributed by atoms with Gasteiger partial charge in [-0.1, -0.05) is 0 Å². The van der Waals surface area contributed by atoms with Crippen LogP contribution in [0.4, 0.5) is 31.7 Å². The highest BCUT2D eigenvalue weighted by Crippen LogP contribution is 2.37. The van der Waals surface area contributed by atoms with Crippen molar-refractivity contribution in [1.29, 1.82) is 0 Å². The Bertz CT molecular complexity index is 1660. The molecule has 0 bridgehead atoms. The molecule has 1 aliphatic carbocycles. The molecule has 3 N–H and O–H groups in total. The SMILES string of the molecule is Cc1nc(-c2ccc(Nc3cc(NC(=O)C4CC4)nc4nc(C(F)F)[nH]c34)c(N(C)S(C)(=O)=O)c2)n(C)n1. The number of aryl methyl sites for hydroxylation is 2. The van der Waals surface area contributed by atoms with Gasteiger partial charge in [0.25, 0.3) is 6.43 Å². The Morgan fingerprint density at radius 3 is 2.53 bits per heavy atom. The van der Waals surface area contributed by atoms with Crippen molar-refractivity contribution in [1.82, 2.24) is 29.7 Å². The highest BCUT2D eigenvalue weighted by atomic mass is 32.2. The molecule has 0 atom stereocenters. The maximum absolute atomic E-state index is 13.4. The van der Waals surface area contributed by atoms with Crippen molar-refractivity contribution in [3.05, 3.63) is 35.9 Å². The first-order valence-electron chi connectivity index (χ1n) is 11.6. The number of hydrogen-bond donors (Lipinski definition) is 3. The van der Waals surface area contributed by atoms with E-state index in [0.717, 1.165) is 23.4 Å². The number of sulfonamides is 1. The fourth-order valence-electron chi connectivity index (χ4n) is 3.97. The van der Waals surface area contributed by atoms with Crippen LogP contribution in [-0.2, 0) is 21.9 Å². The van der Waals surface area contributed by atoms with Crippen LogP contribution in [0.15, 0.2) is 24.3 Å². The summed E-state index contributed by atoms with van der Waals surface area (Å²) < 4.78 is 54.5. The quantitative estimate of drug-likeness (QED) is 0.304. The number of rotatable bonds is 8. The van der Waals surface area contributed by atoms with E-state index < -0.39 is 22.3 Å². The first-order chi connectivity index (χ1) is 17.9. The van der Waals surface area contributed by atoms with Crippen LogP contribution < -0.4 is 14.9 Å². The van der Waals surface area contributed by atoms with E-state index in [9.17, 15) is 22.0 Å². The van der Waals surface area contributed by atoms with Gasteiger partial charge in [0.1, 0.15) is 17.2 Å². The Hall–Kier alpha value is -4.14. The number of imidazole rings is 1. The van der Waals surface area contributed by atoms with E-state index >= 15 is 0 Å². The van der Waals surface area contributed by atoms with E-state index in [2.05, 4.69) is 35.7 Å². The predicted octanol–water partition coefficient (Wildman–Crippen LogP) is 3.49. The number of alkyl halides is 2. The van der Waals surface area contributed by atoms with Crippen molar-refractivity contribution in [2.75, 3.05) is 28.2 Å². The van der Waals surface area contributed by atoms with E-state index in [1.807, 2.05) is 0 Å². The van der Waals surface area contributed by atoms with E-state index in [0.29, 0.717) is 22.9 Å². The Balaban J connectivity index is 1.62. The lowest BCUT2D eigenvalue weighted by molar-refractivity contribution is -0.117. The number of aromatic amines is 1. The Labute approximate surface area is 216 Å². The molecule has 38 heavy (non-hydrogen) atoms. The van der Waals surface area contributed by atoms with Gasteiger partial charge in [-0.15, -0.1) is 0 Å². The van der Waals surface area contributed by atoms with Crippen LogP contribution in [-0.4, -0.2) is 57.3 Å². The number of hydrogen-bond acceptors (Lipinski definition) is 8. The summed E-state index contributed by atoms with van der Waals surface area (Å²) in [6, 6.07) is 6.51. The van der Waals surface area contributed by atoms with E-state index in [1.165, 1.54) is 13.1 Å². The first-order valence-corrected chi connectivity index (χ1v) is 13.5. The number of pyridine rings is 1. The number of nitrogens with zero attached hydrogens (tertiary/aromatic N) is 6. The number of amides is 1. The minimum atomic E-state index is -3.69. The number of halogens is 2. The average Bonchev–Trinajstić information content (AvgIpc) is 3.51. The molecule has 1 aliphatic rings. The Kier molecular flexibility index (Phi) is 6.25. The zero-order valence-electron chi connectivity index (χ0n) is 21.0. The summed E-state index contributed by atoms with van der Waals surface area (Å²) in [6.07, 6.45) is -0.260. The smallest absolute Gasteiger partial charge is 0.295 e. The summed E-state index contributed by atoms with van der Waals surface area (Å²) >= 11 is 0. The molecule has 0 saturated heterocycles. The lowest BCUT2D eigenvalue weighted by Gasteiger charge is -2.22. The maximum atomic E-state index is 13.4. The molecule has 1 fully saturated rings. The molecule has 1 aromatic carbocycles. The molecule has 4 aromatic rings. The van der Waals surface area contributed by atoms with Crippen molar-refractivity contribution in [2.24, 2.45) is 13.0 Å². The predicted molar refractivity (Wildman–Crippen MR) is 138 cm³/mol. The largest absolute Gasteiger partial charge is 0.352 e. The molecule has 15 heteroatoms. The summed E-state index contributed by atoms with van der Waals surface area (Å²) in [4.78, 5) is 27.4. The van der Waals surface area contributed by atoms with Gasteiger partial charge in [0, 0.05) is 31.6 Å². The van der Waals surface area contributed by atoms with Crippen LogP contribution in [0, 0.1) is 12.8 Å². The molecule has 12 nitrogen and oxygen atoms in total.